The molecule has 1 unspecified atom stereocenters. The van der Waals surface area contributed by atoms with Gasteiger partial charge in [0.2, 0.25) is 0 Å². The zero-order valence-electron chi connectivity index (χ0n) is 13.6. The molecule has 4 heteroatoms. The van der Waals surface area contributed by atoms with Crippen LogP contribution in [0, 0.1) is 11.3 Å². The summed E-state index contributed by atoms with van der Waals surface area (Å²) in [5, 5.41) is 12.0. The molecule has 1 aliphatic rings. The van der Waals surface area contributed by atoms with Gasteiger partial charge < -0.3 is 14.8 Å². The van der Waals surface area contributed by atoms with E-state index in [1.165, 1.54) is 18.4 Å². The SMILES string of the molecule is CC(C)Oc1cc(C2CCCNC2)ccc1OCCCC#N. The van der Waals surface area contributed by atoms with Crippen molar-refractivity contribution in [2.75, 3.05) is 19.7 Å². The van der Waals surface area contributed by atoms with Gasteiger partial charge in [-0.2, -0.15) is 5.26 Å². The molecule has 120 valence electrons. The summed E-state index contributed by atoms with van der Waals surface area (Å²) in [5.41, 5.74) is 1.31. The summed E-state index contributed by atoms with van der Waals surface area (Å²) in [5.74, 6) is 2.14. The molecule has 0 amide bonds. The first-order valence-corrected chi connectivity index (χ1v) is 8.21. The highest BCUT2D eigenvalue weighted by molar-refractivity contribution is 5.44. The summed E-state index contributed by atoms with van der Waals surface area (Å²) < 4.78 is 11.7. The van der Waals surface area contributed by atoms with E-state index in [-0.39, 0.29) is 6.10 Å². The summed E-state index contributed by atoms with van der Waals surface area (Å²) in [6.07, 6.45) is 3.81. The molecular weight excluding hydrogens is 276 g/mol. The van der Waals surface area contributed by atoms with Crippen molar-refractivity contribution in [2.24, 2.45) is 0 Å². The van der Waals surface area contributed by atoms with Gasteiger partial charge in [0.05, 0.1) is 18.8 Å². The monoisotopic (exact) mass is 302 g/mol. The van der Waals surface area contributed by atoms with Crippen LogP contribution in [0.15, 0.2) is 18.2 Å². The number of hydrogen-bond donors (Lipinski definition) is 1. The summed E-state index contributed by atoms with van der Waals surface area (Å²) in [6.45, 7) is 6.74. The normalized spacial score (nSPS) is 18.0. The van der Waals surface area contributed by atoms with E-state index < -0.39 is 0 Å². The Morgan fingerprint density at radius 2 is 2.23 bits per heavy atom. The van der Waals surface area contributed by atoms with E-state index >= 15 is 0 Å². The quantitative estimate of drug-likeness (QED) is 0.782. The minimum Gasteiger partial charge on any atom is -0.490 e. The van der Waals surface area contributed by atoms with E-state index in [4.69, 9.17) is 14.7 Å². The standard InChI is InChI=1S/C18H26N2O2/c1-14(2)22-18-12-15(16-6-5-10-20-13-16)7-8-17(18)21-11-4-3-9-19/h7-8,12,14,16,20H,3-6,10-11,13H2,1-2H3. The molecule has 22 heavy (non-hydrogen) atoms. The van der Waals surface area contributed by atoms with Crippen LogP contribution in [0.3, 0.4) is 0 Å². The van der Waals surface area contributed by atoms with Crippen molar-refractivity contribution in [1.29, 1.82) is 5.26 Å². The largest absolute Gasteiger partial charge is 0.490 e. The van der Waals surface area contributed by atoms with Crippen LogP contribution in [0.1, 0.15) is 51.0 Å². The lowest BCUT2D eigenvalue weighted by atomic mass is 9.91. The number of rotatable bonds is 7. The van der Waals surface area contributed by atoms with Crippen LogP contribution in [-0.4, -0.2) is 25.8 Å². The fraction of sp³-hybridized carbons (Fsp3) is 0.611. The van der Waals surface area contributed by atoms with E-state index in [0.717, 1.165) is 31.0 Å². The van der Waals surface area contributed by atoms with E-state index in [1.807, 2.05) is 19.9 Å². The van der Waals surface area contributed by atoms with Crippen molar-refractivity contribution in [3.05, 3.63) is 23.8 Å². The third-order valence-corrected chi connectivity index (χ3v) is 3.79. The number of nitrogens with one attached hydrogen (secondary N) is 1. The van der Waals surface area contributed by atoms with Gasteiger partial charge in [-0.25, -0.2) is 0 Å². The van der Waals surface area contributed by atoms with Crippen molar-refractivity contribution in [2.45, 2.75) is 51.6 Å². The predicted molar refractivity (Wildman–Crippen MR) is 87.4 cm³/mol. The van der Waals surface area contributed by atoms with E-state index in [9.17, 15) is 0 Å². The highest BCUT2D eigenvalue weighted by Gasteiger charge is 2.17. The van der Waals surface area contributed by atoms with Crippen molar-refractivity contribution in [3.63, 3.8) is 0 Å². The molecule has 1 aliphatic heterocycles. The molecule has 0 aliphatic carbocycles. The van der Waals surface area contributed by atoms with Gasteiger partial charge in [0.15, 0.2) is 11.5 Å². The van der Waals surface area contributed by atoms with Crippen LogP contribution in [0.2, 0.25) is 0 Å². The van der Waals surface area contributed by atoms with Crippen LogP contribution < -0.4 is 14.8 Å². The Bertz CT molecular complexity index is 502. The van der Waals surface area contributed by atoms with Gasteiger partial charge in [0, 0.05) is 13.0 Å². The highest BCUT2D eigenvalue weighted by Crippen LogP contribution is 2.34. The number of hydrogen-bond acceptors (Lipinski definition) is 4. The number of unbranched alkanes of at least 4 members (excludes halogenated alkanes) is 1. The lowest BCUT2D eigenvalue weighted by Gasteiger charge is -2.24. The molecule has 1 heterocycles. The molecule has 0 saturated carbocycles. The number of piperidine rings is 1. The van der Waals surface area contributed by atoms with Gasteiger partial charge in [0.1, 0.15) is 0 Å². The van der Waals surface area contributed by atoms with Gasteiger partial charge in [0.25, 0.3) is 0 Å². The van der Waals surface area contributed by atoms with Crippen molar-refractivity contribution in [3.8, 4) is 17.6 Å². The minimum atomic E-state index is 0.112. The topological polar surface area (TPSA) is 54.3 Å². The Morgan fingerprint density at radius 1 is 1.36 bits per heavy atom. The average molecular weight is 302 g/mol. The van der Waals surface area contributed by atoms with Crippen LogP contribution in [0.25, 0.3) is 0 Å². The van der Waals surface area contributed by atoms with Crippen LogP contribution in [-0.2, 0) is 0 Å². The highest BCUT2D eigenvalue weighted by atomic mass is 16.5. The van der Waals surface area contributed by atoms with Gasteiger partial charge in [-0.05, 0) is 63.3 Å². The summed E-state index contributed by atoms with van der Waals surface area (Å²) >= 11 is 0. The molecule has 1 fully saturated rings. The Morgan fingerprint density at radius 3 is 2.91 bits per heavy atom. The molecule has 0 radical (unpaired) electrons. The lowest BCUT2D eigenvalue weighted by Crippen LogP contribution is -2.28. The maximum absolute atomic E-state index is 8.58. The number of ether oxygens (including phenoxy) is 2. The summed E-state index contributed by atoms with van der Waals surface area (Å²) in [6, 6.07) is 8.41. The number of nitrogens with zero attached hydrogens (tertiary/aromatic N) is 1. The Balaban J connectivity index is 2.09. The molecule has 0 spiro atoms. The second-order valence-electron chi connectivity index (χ2n) is 6.03. The minimum absolute atomic E-state index is 0.112. The van der Waals surface area contributed by atoms with E-state index in [2.05, 4.69) is 23.5 Å². The third kappa shape index (κ3) is 4.92. The molecule has 0 bridgehead atoms. The molecule has 0 aromatic heterocycles. The Labute approximate surface area is 133 Å². The maximum Gasteiger partial charge on any atom is 0.161 e. The first-order chi connectivity index (χ1) is 10.7. The number of nitriles is 1. The smallest absolute Gasteiger partial charge is 0.161 e. The van der Waals surface area contributed by atoms with E-state index in [1.54, 1.807) is 0 Å². The molecule has 2 rings (SSSR count). The molecule has 1 saturated heterocycles. The van der Waals surface area contributed by atoms with E-state index in [0.29, 0.717) is 18.9 Å². The van der Waals surface area contributed by atoms with Crippen LogP contribution in [0.5, 0.6) is 11.5 Å². The fourth-order valence-corrected chi connectivity index (χ4v) is 2.71. The maximum atomic E-state index is 8.58. The molecule has 1 aromatic rings. The second kappa shape index (κ2) is 8.65. The fourth-order valence-electron chi connectivity index (χ4n) is 2.71. The third-order valence-electron chi connectivity index (χ3n) is 3.79. The predicted octanol–water partition coefficient (Wildman–Crippen LogP) is 3.62. The summed E-state index contributed by atoms with van der Waals surface area (Å²) in [4.78, 5) is 0. The molecule has 1 atom stereocenters. The first-order valence-electron chi connectivity index (χ1n) is 8.21. The second-order valence-corrected chi connectivity index (χ2v) is 6.03. The summed E-state index contributed by atoms with van der Waals surface area (Å²) in [7, 11) is 0. The van der Waals surface area contributed by atoms with Gasteiger partial charge >= 0.3 is 0 Å². The molecular formula is C18H26N2O2. The lowest BCUT2D eigenvalue weighted by molar-refractivity contribution is 0.220. The molecule has 1 N–H and O–H groups in total. The number of benzene rings is 1. The Hall–Kier alpha value is -1.73. The molecule has 4 nitrogen and oxygen atoms in total. The van der Waals surface area contributed by atoms with Crippen LogP contribution in [0.4, 0.5) is 0 Å². The average Bonchev–Trinajstić information content (AvgIpc) is 2.53. The van der Waals surface area contributed by atoms with Gasteiger partial charge in [-0.15, -0.1) is 0 Å². The van der Waals surface area contributed by atoms with Crippen molar-refractivity contribution in [1.82, 2.24) is 5.32 Å². The first kappa shape index (κ1) is 16.6. The zero-order valence-corrected chi connectivity index (χ0v) is 13.6. The van der Waals surface area contributed by atoms with Gasteiger partial charge in [-0.1, -0.05) is 6.07 Å². The zero-order chi connectivity index (χ0) is 15.8. The Kier molecular flexibility index (Phi) is 6.54. The van der Waals surface area contributed by atoms with Crippen LogP contribution >= 0.6 is 0 Å². The molecule has 1 aromatic carbocycles. The van der Waals surface area contributed by atoms with Crippen molar-refractivity contribution < 1.29 is 9.47 Å². The van der Waals surface area contributed by atoms with Gasteiger partial charge in [-0.3, -0.25) is 0 Å². The van der Waals surface area contributed by atoms with Crippen molar-refractivity contribution >= 4 is 0 Å².